The molecule has 0 bridgehead atoms. The molecule has 7 nitrogen and oxygen atoms in total. The van der Waals surface area contributed by atoms with E-state index in [2.05, 4.69) is 11.7 Å². The molecular formula is C18H15N3O4. The van der Waals surface area contributed by atoms with Crippen molar-refractivity contribution in [2.45, 2.75) is 0 Å². The van der Waals surface area contributed by atoms with E-state index >= 15 is 0 Å². The molecule has 0 atom stereocenters. The second kappa shape index (κ2) is 6.48. The Morgan fingerprint density at radius 2 is 1.96 bits per heavy atom. The molecule has 0 saturated carbocycles. The van der Waals surface area contributed by atoms with Gasteiger partial charge in [-0.1, -0.05) is 30.8 Å². The van der Waals surface area contributed by atoms with E-state index in [4.69, 9.17) is 4.74 Å². The summed E-state index contributed by atoms with van der Waals surface area (Å²) >= 11 is 0. The highest BCUT2D eigenvalue weighted by Crippen LogP contribution is 2.27. The Kier molecular flexibility index (Phi) is 4.21. The number of hydrogen-bond donors (Lipinski definition) is 1. The summed E-state index contributed by atoms with van der Waals surface area (Å²) < 4.78 is 6.36. The Morgan fingerprint density at radius 1 is 1.24 bits per heavy atom. The van der Waals surface area contributed by atoms with Crippen molar-refractivity contribution in [3.05, 3.63) is 85.1 Å². The summed E-state index contributed by atoms with van der Waals surface area (Å²) in [5.74, 6) is 0.160. The summed E-state index contributed by atoms with van der Waals surface area (Å²) in [6, 6.07) is 13.6. The van der Waals surface area contributed by atoms with Gasteiger partial charge in [0.2, 0.25) is 0 Å². The average Bonchev–Trinajstić information content (AvgIpc) is 2.90. The second-order valence-corrected chi connectivity index (χ2v) is 5.31. The Balaban J connectivity index is 2.17. The van der Waals surface area contributed by atoms with Gasteiger partial charge in [0.05, 0.1) is 28.3 Å². The zero-order valence-corrected chi connectivity index (χ0v) is 13.4. The van der Waals surface area contributed by atoms with Crippen molar-refractivity contribution in [2.24, 2.45) is 0 Å². The van der Waals surface area contributed by atoms with Crippen molar-refractivity contribution in [1.29, 1.82) is 0 Å². The predicted octanol–water partition coefficient (Wildman–Crippen LogP) is 1.32. The maximum atomic E-state index is 12.6. The van der Waals surface area contributed by atoms with Crippen LogP contribution in [0.25, 0.3) is 18.3 Å². The van der Waals surface area contributed by atoms with Crippen LogP contribution in [0.1, 0.15) is 5.56 Å². The molecule has 0 fully saturated rings. The molecule has 0 radical (unpaired) electrons. The zero-order chi connectivity index (χ0) is 18.0. The van der Waals surface area contributed by atoms with Crippen LogP contribution in [0.2, 0.25) is 0 Å². The van der Waals surface area contributed by atoms with Crippen molar-refractivity contribution < 1.29 is 9.66 Å². The van der Waals surface area contributed by atoms with E-state index in [1.54, 1.807) is 24.3 Å². The molecule has 1 aromatic heterocycles. The number of nitro benzene ring substituents is 1. The molecule has 3 aromatic rings. The number of nitrogens with zero attached hydrogens (tertiary/aromatic N) is 2. The van der Waals surface area contributed by atoms with Crippen LogP contribution in [0, 0.1) is 10.1 Å². The first-order valence-electron chi connectivity index (χ1n) is 7.41. The summed E-state index contributed by atoms with van der Waals surface area (Å²) in [7, 11) is 1.37. The number of aromatic nitrogens is 2. The molecule has 0 amide bonds. The fraction of sp³-hybridized carbons (Fsp3) is 0.0556. The number of hydrogen-bond acceptors (Lipinski definition) is 4. The largest absolute Gasteiger partial charge is 0.490 e. The SMILES string of the molecule is C=c1[nH]n(-c2ccccc2)c(=O)/c1=C/c1ccc(OC)c([N+](=O)[O-])c1. The zero-order valence-electron chi connectivity index (χ0n) is 13.4. The van der Waals surface area contributed by atoms with Gasteiger partial charge in [-0.15, -0.1) is 0 Å². The van der Waals surface area contributed by atoms with Gasteiger partial charge in [-0.3, -0.25) is 20.0 Å². The molecule has 3 rings (SSSR count). The van der Waals surface area contributed by atoms with E-state index in [-0.39, 0.29) is 17.0 Å². The van der Waals surface area contributed by atoms with Crippen LogP contribution < -0.4 is 20.9 Å². The summed E-state index contributed by atoms with van der Waals surface area (Å²) in [5.41, 5.74) is 0.738. The van der Waals surface area contributed by atoms with Crippen LogP contribution in [0.3, 0.4) is 0 Å². The number of nitrogens with one attached hydrogen (secondary N) is 1. The molecule has 1 heterocycles. The molecule has 0 aliphatic heterocycles. The molecule has 25 heavy (non-hydrogen) atoms. The van der Waals surface area contributed by atoms with Crippen molar-refractivity contribution >= 4 is 18.3 Å². The third kappa shape index (κ3) is 3.07. The molecule has 0 aliphatic carbocycles. The predicted molar refractivity (Wildman–Crippen MR) is 94.4 cm³/mol. The van der Waals surface area contributed by atoms with Crippen molar-refractivity contribution in [2.75, 3.05) is 7.11 Å². The molecule has 0 unspecified atom stereocenters. The fourth-order valence-corrected chi connectivity index (χ4v) is 2.51. The molecule has 0 spiro atoms. The molecule has 0 saturated heterocycles. The van der Waals surface area contributed by atoms with Crippen LogP contribution >= 0.6 is 0 Å². The monoisotopic (exact) mass is 337 g/mol. The van der Waals surface area contributed by atoms with E-state index in [9.17, 15) is 14.9 Å². The maximum Gasteiger partial charge on any atom is 0.311 e. The van der Waals surface area contributed by atoms with Gasteiger partial charge < -0.3 is 4.74 Å². The number of methoxy groups -OCH3 is 1. The lowest BCUT2D eigenvalue weighted by molar-refractivity contribution is -0.385. The Labute approximate surface area is 142 Å². The highest BCUT2D eigenvalue weighted by Gasteiger charge is 2.14. The Hall–Kier alpha value is -3.61. The number of aromatic amines is 1. The standard InChI is InChI=1S/C18H15N3O4/c1-12-15(18(22)20(19-12)14-6-4-3-5-7-14)10-13-8-9-17(25-2)16(11-13)21(23)24/h3-11,19H,1H2,2H3/b15-10+. The number of para-hydroxylation sites is 1. The van der Waals surface area contributed by atoms with E-state index in [0.29, 0.717) is 21.8 Å². The maximum absolute atomic E-state index is 12.6. The van der Waals surface area contributed by atoms with Gasteiger partial charge in [-0.2, -0.15) is 0 Å². The second-order valence-electron chi connectivity index (χ2n) is 5.31. The van der Waals surface area contributed by atoms with Crippen LogP contribution in [0.15, 0.2) is 53.3 Å². The summed E-state index contributed by atoms with van der Waals surface area (Å²) in [4.78, 5) is 23.2. The smallest absolute Gasteiger partial charge is 0.311 e. The van der Waals surface area contributed by atoms with Crippen LogP contribution in [0.5, 0.6) is 5.75 Å². The molecular weight excluding hydrogens is 322 g/mol. The lowest BCUT2D eigenvalue weighted by atomic mass is 10.1. The van der Waals surface area contributed by atoms with Gasteiger partial charge in [0.1, 0.15) is 0 Å². The van der Waals surface area contributed by atoms with Gasteiger partial charge in [-0.25, -0.2) is 4.68 Å². The van der Waals surface area contributed by atoms with Gasteiger partial charge >= 0.3 is 5.69 Å². The molecule has 0 aliphatic rings. The highest BCUT2D eigenvalue weighted by atomic mass is 16.6. The van der Waals surface area contributed by atoms with E-state index in [0.717, 1.165) is 0 Å². The minimum Gasteiger partial charge on any atom is -0.490 e. The Morgan fingerprint density at radius 3 is 2.60 bits per heavy atom. The van der Waals surface area contributed by atoms with Crippen molar-refractivity contribution in [3.63, 3.8) is 0 Å². The third-order valence-corrected chi connectivity index (χ3v) is 3.73. The summed E-state index contributed by atoms with van der Waals surface area (Å²) in [6.45, 7) is 3.85. The first kappa shape index (κ1) is 16.3. The number of nitro groups is 1. The normalized spacial score (nSPS) is 11.5. The molecule has 2 aromatic carbocycles. The Bertz CT molecular complexity index is 1100. The lowest BCUT2D eigenvalue weighted by Crippen LogP contribution is -2.33. The summed E-state index contributed by atoms with van der Waals surface area (Å²) in [6.07, 6.45) is 1.56. The number of ether oxygens (including phenoxy) is 1. The topological polar surface area (TPSA) is 90.2 Å². The molecule has 126 valence electrons. The van der Waals surface area contributed by atoms with Crippen molar-refractivity contribution in [1.82, 2.24) is 9.78 Å². The lowest BCUT2D eigenvalue weighted by Gasteiger charge is -2.01. The van der Waals surface area contributed by atoms with E-state index < -0.39 is 4.92 Å². The van der Waals surface area contributed by atoms with Crippen LogP contribution in [0.4, 0.5) is 5.69 Å². The first-order chi connectivity index (χ1) is 12.0. The number of H-pyrrole nitrogens is 1. The van der Waals surface area contributed by atoms with Gasteiger partial charge in [0.15, 0.2) is 5.75 Å². The third-order valence-electron chi connectivity index (χ3n) is 3.73. The first-order valence-corrected chi connectivity index (χ1v) is 7.41. The minimum atomic E-state index is -0.527. The van der Waals surface area contributed by atoms with E-state index in [1.807, 2.05) is 18.2 Å². The average molecular weight is 337 g/mol. The fourth-order valence-electron chi connectivity index (χ4n) is 2.51. The van der Waals surface area contributed by atoms with Gasteiger partial charge in [0, 0.05) is 6.07 Å². The van der Waals surface area contributed by atoms with Crippen LogP contribution in [-0.4, -0.2) is 21.8 Å². The van der Waals surface area contributed by atoms with Gasteiger partial charge in [0.25, 0.3) is 5.56 Å². The quantitative estimate of drug-likeness (QED) is 0.574. The molecule has 1 N–H and O–H groups in total. The van der Waals surface area contributed by atoms with E-state index in [1.165, 1.54) is 23.9 Å². The summed E-state index contributed by atoms with van der Waals surface area (Å²) in [5, 5.41) is 14.8. The minimum absolute atomic E-state index is 0.160. The molecule has 7 heteroatoms. The highest BCUT2D eigenvalue weighted by molar-refractivity contribution is 5.58. The number of rotatable bonds is 4. The van der Waals surface area contributed by atoms with Crippen molar-refractivity contribution in [3.8, 4) is 11.4 Å². The number of benzene rings is 2. The van der Waals surface area contributed by atoms with Gasteiger partial charge in [-0.05, 0) is 29.8 Å². The van der Waals surface area contributed by atoms with Crippen LogP contribution in [-0.2, 0) is 0 Å².